The maximum Gasteiger partial charge on any atom is 0.387 e. The number of aromatic nitrogens is 2. The quantitative estimate of drug-likeness (QED) is 0.649. The van der Waals surface area contributed by atoms with Crippen LogP contribution in [0.2, 0.25) is 0 Å². The van der Waals surface area contributed by atoms with Gasteiger partial charge in [-0.05, 0) is 12.1 Å². The highest BCUT2D eigenvalue weighted by atomic mass is 19.3. The average Bonchev–Trinajstić information content (AvgIpc) is 2.83. The molecule has 0 unspecified atom stereocenters. The largest absolute Gasteiger partial charge is 0.471 e. The topological polar surface area (TPSA) is 89.5 Å². The Balaban J connectivity index is 2.23. The summed E-state index contributed by atoms with van der Waals surface area (Å²) in [5.41, 5.74) is 0.117. The molecule has 0 aliphatic carbocycles. The summed E-state index contributed by atoms with van der Waals surface area (Å²) in [7, 11) is 0. The second-order valence-corrected chi connectivity index (χ2v) is 3.67. The van der Waals surface area contributed by atoms with Gasteiger partial charge in [0.25, 0.3) is 6.26 Å². The molecule has 9 heteroatoms. The molecule has 1 heterocycles. The van der Waals surface area contributed by atoms with Crippen molar-refractivity contribution < 1.29 is 28.2 Å². The van der Waals surface area contributed by atoms with Crippen molar-refractivity contribution >= 4 is 0 Å². The summed E-state index contributed by atoms with van der Waals surface area (Å²) >= 11 is 0. The molecular formula is C12H9F2N3O4. The van der Waals surface area contributed by atoms with Gasteiger partial charge >= 0.3 is 6.61 Å². The van der Waals surface area contributed by atoms with Gasteiger partial charge in [0, 0.05) is 6.07 Å². The number of rotatable bonds is 6. The Morgan fingerprint density at radius 3 is 2.71 bits per heavy atom. The first kappa shape index (κ1) is 14.4. The number of ether oxygens (including phenoxy) is 3. The summed E-state index contributed by atoms with van der Waals surface area (Å²) in [5.74, 6) is -0.0903. The normalized spacial score (nSPS) is 10.2. The van der Waals surface area contributed by atoms with Crippen molar-refractivity contribution in [3.05, 3.63) is 36.0 Å². The van der Waals surface area contributed by atoms with Gasteiger partial charge in [-0.3, -0.25) is 0 Å². The lowest BCUT2D eigenvalue weighted by atomic mass is 10.2. The summed E-state index contributed by atoms with van der Waals surface area (Å²) in [4.78, 5) is 0.531. The summed E-state index contributed by atoms with van der Waals surface area (Å²) in [6, 6.07) is 5.46. The Morgan fingerprint density at radius 1 is 1.33 bits per heavy atom. The van der Waals surface area contributed by atoms with Gasteiger partial charge in [-0.1, -0.05) is 11.2 Å². The van der Waals surface area contributed by atoms with Crippen molar-refractivity contribution in [2.75, 3.05) is 0 Å². The number of nitriles is 1. The van der Waals surface area contributed by atoms with Crippen LogP contribution in [0.3, 0.4) is 0 Å². The van der Waals surface area contributed by atoms with E-state index in [1.807, 2.05) is 0 Å². The number of hydrogen-bond acceptors (Lipinski definition) is 6. The second-order valence-electron chi connectivity index (χ2n) is 3.67. The molecule has 0 fully saturated rings. The van der Waals surface area contributed by atoms with E-state index in [9.17, 15) is 8.78 Å². The third-order valence-electron chi connectivity index (χ3n) is 2.38. The molecule has 0 atom stereocenters. The first-order valence-electron chi connectivity index (χ1n) is 5.60. The molecule has 0 bridgehead atoms. The van der Waals surface area contributed by atoms with Gasteiger partial charge in [-0.15, -0.1) is 10.1 Å². The Bertz CT molecular complexity index is 654. The molecule has 0 aliphatic rings. The van der Waals surface area contributed by atoms with Crippen molar-refractivity contribution in [3.63, 3.8) is 0 Å². The van der Waals surface area contributed by atoms with Gasteiger partial charge in [0.1, 0.15) is 12.4 Å². The van der Waals surface area contributed by atoms with Gasteiger partial charge < -0.3 is 19.4 Å². The monoisotopic (exact) mass is 297 g/mol. The Labute approximate surface area is 117 Å². The van der Waals surface area contributed by atoms with E-state index in [1.165, 1.54) is 36.7 Å². The lowest BCUT2D eigenvalue weighted by Gasteiger charge is -2.13. The first-order valence-corrected chi connectivity index (χ1v) is 5.60. The minimum absolute atomic E-state index is 0.0269. The summed E-state index contributed by atoms with van der Waals surface area (Å²) in [6.45, 7) is -3.27. The molecule has 0 radical (unpaired) electrons. The fourth-order valence-electron chi connectivity index (χ4n) is 1.56. The Morgan fingerprint density at radius 2 is 2.10 bits per heavy atom. The van der Waals surface area contributed by atoms with Gasteiger partial charge in [0.15, 0.2) is 5.75 Å². The standard InChI is InChI=1S/C12H9F2N3O4/c13-12(14)21-10-3-1-2-9(20-7-15)8(10)6-19-11-4-5-17(18)16-11/h1-5,12,18H,6H2. The van der Waals surface area contributed by atoms with E-state index < -0.39 is 6.61 Å². The summed E-state index contributed by atoms with van der Waals surface area (Å²) < 4.78 is 39.0. The smallest absolute Gasteiger partial charge is 0.387 e. The van der Waals surface area contributed by atoms with Crippen LogP contribution in [0.5, 0.6) is 17.4 Å². The summed E-state index contributed by atoms with van der Waals surface area (Å²) in [5, 5.41) is 21.1. The zero-order valence-corrected chi connectivity index (χ0v) is 10.4. The molecule has 2 rings (SSSR count). The van der Waals surface area contributed by atoms with Crippen LogP contribution < -0.4 is 14.2 Å². The fourth-order valence-corrected chi connectivity index (χ4v) is 1.56. The number of benzene rings is 1. The van der Waals surface area contributed by atoms with E-state index in [0.29, 0.717) is 4.85 Å². The van der Waals surface area contributed by atoms with E-state index in [0.717, 1.165) is 0 Å². The average molecular weight is 297 g/mol. The molecule has 1 N–H and O–H groups in total. The van der Waals surface area contributed by atoms with Crippen molar-refractivity contribution in [2.24, 2.45) is 0 Å². The predicted octanol–water partition coefficient (Wildman–Crippen LogP) is 2.16. The number of alkyl halides is 2. The van der Waals surface area contributed by atoms with Crippen LogP contribution in [0.1, 0.15) is 5.56 Å². The molecule has 7 nitrogen and oxygen atoms in total. The molecule has 1 aromatic carbocycles. The number of hydrogen-bond donors (Lipinski definition) is 1. The molecule has 0 amide bonds. The Hall–Kier alpha value is -3.02. The summed E-state index contributed by atoms with van der Waals surface area (Å²) in [6.07, 6.45) is 2.67. The molecule has 21 heavy (non-hydrogen) atoms. The van der Waals surface area contributed by atoms with Crippen molar-refractivity contribution in [2.45, 2.75) is 13.2 Å². The molecule has 0 saturated heterocycles. The van der Waals surface area contributed by atoms with Crippen molar-refractivity contribution in [3.8, 4) is 23.6 Å². The van der Waals surface area contributed by atoms with Gasteiger partial charge in [0.05, 0.1) is 11.8 Å². The third-order valence-corrected chi connectivity index (χ3v) is 2.38. The molecule has 0 aliphatic heterocycles. The highest BCUT2D eigenvalue weighted by molar-refractivity contribution is 5.45. The van der Waals surface area contributed by atoms with Crippen LogP contribution in [0.15, 0.2) is 30.5 Å². The van der Waals surface area contributed by atoms with E-state index in [4.69, 9.17) is 15.2 Å². The zero-order valence-electron chi connectivity index (χ0n) is 10.4. The Kier molecular flexibility index (Phi) is 4.40. The number of halogens is 2. The van der Waals surface area contributed by atoms with E-state index in [1.54, 1.807) is 0 Å². The van der Waals surface area contributed by atoms with Crippen LogP contribution >= 0.6 is 0 Å². The van der Waals surface area contributed by atoms with Crippen LogP contribution in [-0.4, -0.2) is 21.8 Å². The van der Waals surface area contributed by atoms with Crippen LogP contribution in [0.4, 0.5) is 8.78 Å². The van der Waals surface area contributed by atoms with Gasteiger partial charge in [-0.2, -0.15) is 8.78 Å². The van der Waals surface area contributed by atoms with E-state index in [-0.39, 0.29) is 29.5 Å². The highest BCUT2D eigenvalue weighted by Gasteiger charge is 2.16. The molecule has 1 aromatic heterocycles. The van der Waals surface area contributed by atoms with Crippen molar-refractivity contribution in [1.82, 2.24) is 9.94 Å². The van der Waals surface area contributed by atoms with Gasteiger partial charge in [0.2, 0.25) is 5.88 Å². The fraction of sp³-hybridized carbons (Fsp3) is 0.167. The van der Waals surface area contributed by atoms with Crippen LogP contribution in [0.25, 0.3) is 0 Å². The zero-order chi connectivity index (χ0) is 15.2. The molecule has 110 valence electrons. The van der Waals surface area contributed by atoms with E-state index >= 15 is 0 Å². The first-order chi connectivity index (χ1) is 10.1. The second kappa shape index (κ2) is 6.42. The molecule has 2 aromatic rings. The highest BCUT2D eigenvalue weighted by Crippen LogP contribution is 2.30. The maximum atomic E-state index is 12.4. The minimum Gasteiger partial charge on any atom is -0.471 e. The SMILES string of the molecule is N#COc1cccc(OC(F)F)c1COc1ccn(O)n1. The molecular weight excluding hydrogens is 288 g/mol. The van der Waals surface area contributed by atoms with E-state index in [2.05, 4.69) is 14.6 Å². The molecule has 0 spiro atoms. The third kappa shape index (κ3) is 3.73. The molecule has 0 saturated carbocycles. The van der Waals surface area contributed by atoms with Crippen LogP contribution in [-0.2, 0) is 6.61 Å². The predicted molar refractivity (Wildman–Crippen MR) is 63.1 cm³/mol. The van der Waals surface area contributed by atoms with Crippen molar-refractivity contribution in [1.29, 1.82) is 5.26 Å². The maximum absolute atomic E-state index is 12.4. The number of nitrogens with zero attached hydrogens (tertiary/aromatic N) is 3. The van der Waals surface area contributed by atoms with Gasteiger partial charge in [-0.25, -0.2) is 0 Å². The minimum atomic E-state index is -3.03. The lowest BCUT2D eigenvalue weighted by molar-refractivity contribution is -0.0509. The van der Waals surface area contributed by atoms with Crippen LogP contribution in [0, 0.1) is 11.5 Å². The lowest BCUT2D eigenvalue weighted by Crippen LogP contribution is -2.07.